The minimum atomic E-state index is 0.202. The molecule has 2 heterocycles. The first-order valence-corrected chi connectivity index (χ1v) is 6.37. The summed E-state index contributed by atoms with van der Waals surface area (Å²) in [5.41, 5.74) is 6.97. The van der Waals surface area contributed by atoms with Crippen molar-refractivity contribution < 1.29 is 4.74 Å². The van der Waals surface area contributed by atoms with Crippen molar-refractivity contribution in [3.05, 3.63) is 23.9 Å². The Bertz CT molecular complexity index is 385. The molecule has 0 saturated carbocycles. The summed E-state index contributed by atoms with van der Waals surface area (Å²) in [4.78, 5) is 6.42. The second-order valence-electron chi connectivity index (χ2n) is 4.82. The van der Waals surface area contributed by atoms with Crippen LogP contribution in [-0.4, -0.2) is 55.8 Å². The van der Waals surface area contributed by atoms with Crippen molar-refractivity contribution in [1.82, 2.24) is 15.2 Å². The number of aromatic nitrogens is 1. The topological polar surface area (TPSA) is 63.4 Å². The van der Waals surface area contributed by atoms with Gasteiger partial charge in [-0.05, 0) is 32.1 Å². The predicted molar refractivity (Wildman–Crippen MR) is 72.4 cm³/mol. The molecule has 0 amide bonds. The Morgan fingerprint density at radius 1 is 1.67 bits per heavy atom. The van der Waals surface area contributed by atoms with Gasteiger partial charge in [0.15, 0.2) is 0 Å². The van der Waals surface area contributed by atoms with Crippen LogP contribution in [0.3, 0.4) is 0 Å². The third kappa shape index (κ3) is 3.19. The second kappa shape index (κ2) is 6.13. The van der Waals surface area contributed by atoms with Crippen LogP contribution in [0.5, 0.6) is 0 Å². The van der Waals surface area contributed by atoms with E-state index in [0.29, 0.717) is 5.82 Å². The van der Waals surface area contributed by atoms with Gasteiger partial charge in [0.05, 0.1) is 12.7 Å². The van der Waals surface area contributed by atoms with E-state index in [9.17, 15) is 0 Å². The van der Waals surface area contributed by atoms with Crippen molar-refractivity contribution >= 4 is 5.82 Å². The molecule has 2 unspecified atom stereocenters. The molecule has 1 fully saturated rings. The average Bonchev–Trinajstić information content (AvgIpc) is 2.38. The molecule has 0 bridgehead atoms. The highest BCUT2D eigenvalue weighted by atomic mass is 16.5. The minimum Gasteiger partial charge on any atom is -0.383 e. The molecule has 5 heteroatoms. The highest BCUT2D eigenvalue weighted by Gasteiger charge is 2.26. The zero-order chi connectivity index (χ0) is 13.0. The number of ether oxygens (including phenoxy) is 1. The molecule has 0 aliphatic carbocycles. The Hall–Kier alpha value is -1.17. The van der Waals surface area contributed by atoms with Gasteiger partial charge in [-0.25, -0.2) is 4.98 Å². The molecule has 1 aliphatic rings. The van der Waals surface area contributed by atoms with Crippen LogP contribution in [-0.2, 0) is 11.2 Å². The fraction of sp³-hybridized carbons (Fsp3) is 0.615. The van der Waals surface area contributed by atoms with Crippen molar-refractivity contribution in [2.75, 3.05) is 39.5 Å². The van der Waals surface area contributed by atoms with Gasteiger partial charge in [0.2, 0.25) is 0 Å². The van der Waals surface area contributed by atoms with Crippen LogP contribution >= 0.6 is 0 Å². The van der Waals surface area contributed by atoms with Crippen LogP contribution in [0.4, 0.5) is 5.82 Å². The Balaban J connectivity index is 2.03. The number of rotatable bonds is 4. The summed E-state index contributed by atoms with van der Waals surface area (Å²) in [6, 6.07) is 4.21. The normalized spacial score (nSPS) is 22.9. The van der Waals surface area contributed by atoms with E-state index < -0.39 is 0 Å². The lowest BCUT2D eigenvalue weighted by Crippen LogP contribution is -2.51. The summed E-state index contributed by atoms with van der Waals surface area (Å²) in [5.74, 6) is 0.613. The Morgan fingerprint density at radius 3 is 3.17 bits per heavy atom. The van der Waals surface area contributed by atoms with E-state index in [1.165, 1.54) is 0 Å². The van der Waals surface area contributed by atoms with Gasteiger partial charge >= 0.3 is 0 Å². The number of hydrogen-bond acceptors (Lipinski definition) is 5. The second-order valence-corrected chi connectivity index (χ2v) is 4.82. The fourth-order valence-corrected chi connectivity index (χ4v) is 2.33. The average molecular weight is 250 g/mol. The first-order chi connectivity index (χ1) is 8.70. The summed E-state index contributed by atoms with van der Waals surface area (Å²) >= 11 is 0. The van der Waals surface area contributed by atoms with Gasteiger partial charge in [-0.2, -0.15) is 0 Å². The molecule has 0 radical (unpaired) electrons. The van der Waals surface area contributed by atoms with Crippen molar-refractivity contribution in [3.63, 3.8) is 0 Å². The predicted octanol–water partition coefficient (Wildman–Crippen LogP) is 0.125. The standard InChI is InChI=1S/C13H22N4O/c1-15-11(12-9-17(2)6-7-18-12)8-10-4-3-5-16-13(10)14/h3-5,11-12,15H,6-9H2,1-2H3,(H2,14,16). The molecular formula is C13H22N4O. The number of nitrogens with two attached hydrogens (primary N) is 1. The number of anilines is 1. The zero-order valence-corrected chi connectivity index (χ0v) is 11.1. The number of likely N-dealkylation sites (N-methyl/N-ethyl adjacent to an activating group) is 2. The summed E-state index contributed by atoms with van der Waals surface area (Å²) in [7, 11) is 4.09. The molecule has 0 aromatic carbocycles. The van der Waals surface area contributed by atoms with E-state index in [1.54, 1.807) is 6.20 Å². The number of nitrogen functional groups attached to an aromatic ring is 1. The SMILES string of the molecule is CNC(Cc1cccnc1N)C1CN(C)CCO1. The van der Waals surface area contributed by atoms with Gasteiger partial charge < -0.3 is 20.7 Å². The number of nitrogens with zero attached hydrogens (tertiary/aromatic N) is 2. The molecule has 0 spiro atoms. The highest BCUT2D eigenvalue weighted by molar-refractivity contribution is 5.39. The smallest absolute Gasteiger partial charge is 0.126 e. The fourth-order valence-electron chi connectivity index (χ4n) is 2.33. The summed E-state index contributed by atoms with van der Waals surface area (Å²) in [5, 5.41) is 3.33. The van der Waals surface area contributed by atoms with Gasteiger partial charge in [-0.15, -0.1) is 0 Å². The lowest BCUT2D eigenvalue weighted by atomic mass is 10.0. The molecule has 2 atom stereocenters. The van der Waals surface area contributed by atoms with E-state index in [-0.39, 0.29) is 12.1 Å². The molecule has 18 heavy (non-hydrogen) atoms. The first kappa shape index (κ1) is 13.3. The van der Waals surface area contributed by atoms with Crippen molar-refractivity contribution in [1.29, 1.82) is 0 Å². The van der Waals surface area contributed by atoms with Crippen LogP contribution in [0.15, 0.2) is 18.3 Å². The molecule has 1 saturated heterocycles. The highest BCUT2D eigenvalue weighted by Crippen LogP contribution is 2.15. The number of morpholine rings is 1. The van der Waals surface area contributed by atoms with Gasteiger partial charge in [0.25, 0.3) is 0 Å². The third-order valence-electron chi connectivity index (χ3n) is 3.48. The number of hydrogen-bond donors (Lipinski definition) is 2. The summed E-state index contributed by atoms with van der Waals surface area (Å²) < 4.78 is 5.85. The molecule has 5 nitrogen and oxygen atoms in total. The van der Waals surface area contributed by atoms with Crippen molar-refractivity contribution in [2.45, 2.75) is 18.6 Å². The molecule has 1 aromatic rings. The summed E-state index contributed by atoms with van der Waals surface area (Å²) in [6.07, 6.45) is 2.76. The first-order valence-electron chi connectivity index (χ1n) is 6.37. The molecular weight excluding hydrogens is 228 g/mol. The maximum atomic E-state index is 5.89. The van der Waals surface area contributed by atoms with Crippen LogP contribution in [0, 0.1) is 0 Å². The van der Waals surface area contributed by atoms with E-state index in [2.05, 4.69) is 22.2 Å². The maximum absolute atomic E-state index is 5.89. The van der Waals surface area contributed by atoms with E-state index >= 15 is 0 Å². The van der Waals surface area contributed by atoms with E-state index in [0.717, 1.165) is 31.7 Å². The van der Waals surface area contributed by atoms with E-state index in [4.69, 9.17) is 10.5 Å². The molecule has 2 rings (SSSR count). The molecule has 100 valence electrons. The largest absolute Gasteiger partial charge is 0.383 e. The third-order valence-corrected chi connectivity index (χ3v) is 3.48. The van der Waals surface area contributed by atoms with Crippen molar-refractivity contribution in [3.8, 4) is 0 Å². The lowest BCUT2D eigenvalue weighted by molar-refractivity contribution is -0.0371. The Labute approximate surface area is 108 Å². The van der Waals surface area contributed by atoms with E-state index in [1.807, 2.05) is 19.2 Å². The minimum absolute atomic E-state index is 0.202. The quantitative estimate of drug-likeness (QED) is 0.795. The maximum Gasteiger partial charge on any atom is 0.126 e. The van der Waals surface area contributed by atoms with Gasteiger partial charge in [-0.1, -0.05) is 6.07 Å². The number of nitrogens with one attached hydrogen (secondary N) is 1. The van der Waals surface area contributed by atoms with Crippen LogP contribution < -0.4 is 11.1 Å². The van der Waals surface area contributed by atoms with Gasteiger partial charge in [0, 0.05) is 25.3 Å². The van der Waals surface area contributed by atoms with Gasteiger partial charge in [-0.3, -0.25) is 0 Å². The van der Waals surface area contributed by atoms with Crippen LogP contribution in [0.2, 0.25) is 0 Å². The monoisotopic (exact) mass is 250 g/mol. The number of pyridine rings is 1. The van der Waals surface area contributed by atoms with Crippen molar-refractivity contribution in [2.24, 2.45) is 0 Å². The summed E-state index contributed by atoms with van der Waals surface area (Å²) in [6.45, 7) is 2.75. The molecule has 1 aliphatic heterocycles. The van der Waals surface area contributed by atoms with Crippen LogP contribution in [0.25, 0.3) is 0 Å². The zero-order valence-electron chi connectivity index (χ0n) is 11.1. The Morgan fingerprint density at radius 2 is 2.50 bits per heavy atom. The molecule has 1 aromatic heterocycles. The van der Waals surface area contributed by atoms with Gasteiger partial charge in [0.1, 0.15) is 5.82 Å². The lowest BCUT2D eigenvalue weighted by Gasteiger charge is -2.35. The Kier molecular flexibility index (Phi) is 4.52. The van der Waals surface area contributed by atoms with Crippen LogP contribution in [0.1, 0.15) is 5.56 Å². The molecule has 3 N–H and O–H groups in total.